The Balaban J connectivity index is 2.56. The number of hydrogen-bond donors (Lipinski definition) is 0. The Morgan fingerprint density at radius 3 is 2.17 bits per heavy atom. The second-order valence-corrected chi connectivity index (χ2v) is 4.99. The predicted octanol–water partition coefficient (Wildman–Crippen LogP) is 3.70. The molecular formula is C14H19ClO3. The summed E-state index contributed by atoms with van der Waals surface area (Å²) in [7, 11) is 0. The molecule has 0 aromatic heterocycles. The fourth-order valence-corrected chi connectivity index (χ4v) is 1.49. The Morgan fingerprint density at radius 2 is 1.67 bits per heavy atom. The van der Waals surface area contributed by atoms with E-state index in [2.05, 4.69) is 0 Å². The minimum Gasteiger partial charge on any atom is -0.490 e. The van der Waals surface area contributed by atoms with Crippen molar-refractivity contribution in [2.75, 3.05) is 0 Å². The van der Waals surface area contributed by atoms with Gasteiger partial charge in [0.05, 0.1) is 12.0 Å². The van der Waals surface area contributed by atoms with Crippen molar-refractivity contribution in [1.29, 1.82) is 0 Å². The smallest absolute Gasteiger partial charge is 0.312 e. The van der Waals surface area contributed by atoms with Crippen molar-refractivity contribution in [3.05, 3.63) is 29.3 Å². The lowest BCUT2D eigenvalue weighted by molar-refractivity contribution is -0.154. The fraction of sp³-hybridized carbons (Fsp3) is 0.500. The molecule has 0 spiro atoms. The minimum absolute atomic E-state index is 0.109. The Labute approximate surface area is 113 Å². The lowest BCUT2D eigenvalue weighted by Gasteiger charge is -2.21. The SMILES string of the molecule is CC(C)OC(=O)C(C)C(C)Oc1ccc(Cl)cc1. The van der Waals surface area contributed by atoms with Gasteiger partial charge in [-0.25, -0.2) is 0 Å². The van der Waals surface area contributed by atoms with Gasteiger partial charge in [0.1, 0.15) is 11.9 Å². The standard InChI is InChI=1S/C14H19ClO3/c1-9(2)17-14(16)10(3)11(4)18-13-7-5-12(15)6-8-13/h5-11H,1-4H3. The van der Waals surface area contributed by atoms with Crippen LogP contribution < -0.4 is 4.74 Å². The fourth-order valence-electron chi connectivity index (χ4n) is 1.36. The van der Waals surface area contributed by atoms with E-state index in [0.717, 1.165) is 0 Å². The van der Waals surface area contributed by atoms with Gasteiger partial charge in [0, 0.05) is 5.02 Å². The van der Waals surface area contributed by atoms with Crippen molar-refractivity contribution < 1.29 is 14.3 Å². The predicted molar refractivity (Wildman–Crippen MR) is 71.9 cm³/mol. The highest BCUT2D eigenvalue weighted by atomic mass is 35.5. The lowest BCUT2D eigenvalue weighted by atomic mass is 10.1. The van der Waals surface area contributed by atoms with Crippen LogP contribution in [0.25, 0.3) is 0 Å². The van der Waals surface area contributed by atoms with Gasteiger partial charge in [-0.05, 0) is 52.0 Å². The zero-order chi connectivity index (χ0) is 13.7. The number of ether oxygens (including phenoxy) is 2. The summed E-state index contributed by atoms with van der Waals surface area (Å²) in [6.45, 7) is 7.30. The van der Waals surface area contributed by atoms with E-state index in [-0.39, 0.29) is 24.1 Å². The van der Waals surface area contributed by atoms with E-state index < -0.39 is 0 Å². The Kier molecular flexibility index (Phi) is 5.48. The lowest BCUT2D eigenvalue weighted by Crippen LogP contribution is -2.31. The molecule has 0 saturated heterocycles. The van der Waals surface area contributed by atoms with Crippen molar-refractivity contribution in [2.24, 2.45) is 5.92 Å². The van der Waals surface area contributed by atoms with Crippen LogP contribution in [0.3, 0.4) is 0 Å². The molecule has 18 heavy (non-hydrogen) atoms. The van der Waals surface area contributed by atoms with Crippen molar-refractivity contribution in [3.8, 4) is 5.75 Å². The summed E-state index contributed by atoms with van der Waals surface area (Å²) in [5.41, 5.74) is 0. The topological polar surface area (TPSA) is 35.5 Å². The molecule has 0 bridgehead atoms. The molecule has 0 saturated carbocycles. The zero-order valence-electron chi connectivity index (χ0n) is 11.1. The normalized spacial score (nSPS) is 14.1. The maximum Gasteiger partial charge on any atom is 0.312 e. The highest BCUT2D eigenvalue weighted by Gasteiger charge is 2.24. The van der Waals surface area contributed by atoms with Gasteiger partial charge in [0.15, 0.2) is 0 Å². The van der Waals surface area contributed by atoms with Crippen molar-refractivity contribution in [1.82, 2.24) is 0 Å². The molecule has 0 aliphatic rings. The van der Waals surface area contributed by atoms with Crippen molar-refractivity contribution in [3.63, 3.8) is 0 Å². The molecule has 0 radical (unpaired) electrons. The molecule has 0 amide bonds. The molecular weight excluding hydrogens is 252 g/mol. The first-order valence-corrected chi connectivity index (χ1v) is 6.40. The minimum atomic E-state index is -0.317. The second-order valence-electron chi connectivity index (χ2n) is 4.55. The van der Waals surface area contributed by atoms with Gasteiger partial charge < -0.3 is 9.47 Å². The molecule has 1 aromatic rings. The summed E-state index contributed by atoms with van der Waals surface area (Å²) >= 11 is 5.79. The van der Waals surface area contributed by atoms with E-state index in [9.17, 15) is 4.79 Å². The summed E-state index contributed by atoms with van der Waals surface area (Å²) in [4.78, 5) is 11.7. The third kappa shape index (κ3) is 4.57. The molecule has 0 aliphatic heterocycles. The van der Waals surface area contributed by atoms with Gasteiger partial charge in [-0.2, -0.15) is 0 Å². The third-order valence-electron chi connectivity index (χ3n) is 2.56. The molecule has 0 aliphatic carbocycles. The molecule has 1 rings (SSSR count). The molecule has 2 atom stereocenters. The molecule has 100 valence electrons. The van der Waals surface area contributed by atoms with E-state index in [4.69, 9.17) is 21.1 Å². The van der Waals surface area contributed by atoms with Gasteiger partial charge in [-0.1, -0.05) is 11.6 Å². The van der Waals surface area contributed by atoms with Crippen LogP contribution in [0, 0.1) is 5.92 Å². The van der Waals surface area contributed by atoms with Crippen molar-refractivity contribution in [2.45, 2.75) is 39.9 Å². The summed E-state index contributed by atoms with van der Waals surface area (Å²) in [6, 6.07) is 7.06. The zero-order valence-corrected chi connectivity index (χ0v) is 11.9. The maximum absolute atomic E-state index is 11.7. The molecule has 1 aromatic carbocycles. The average Bonchev–Trinajstić information content (AvgIpc) is 2.30. The Bertz CT molecular complexity index is 387. The van der Waals surface area contributed by atoms with Gasteiger partial charge >= 0.3 is 5.97 Å². The number of halogens is 1. The highest BCUT2D eigenvalue weighted by Crippen LogP contribution is 2.19. The highest BCUT2D eigenvalue weighted by molar-refractivity contribution is 6.30. The largest absolute Gasteiger partial charge is 0.490 e. The van der Waals surface area contributed by atoms with Crippen LogP contribution >= 0.6 is 11.6 Å². The van der Waals surface area contributed by atoms with E-state index in [1.54, 1.807) is 31.2 Å². The number of rotatable bonds is 5. The van der Waals surface area contributed by atoms with E-state index in [1.165, 1.54) is 0 Å². The molecule has 2 unspecified atom stereocenters. The van der Waals surface area contributed by atoms with Crippen LogP contribution in [0.2, 0.25) is 5.02 Å². The quantitative estimate of drug-likeness (QED) is 0.766. The maximum atomic E-state index is 11.7. The van der Waals surface area contributed by atoms with E-state index in [1.807, 2.05) is 20.8 Å². The summed E-state index contributed by atoms with van der Waals surface area (Å²) in [5.74, 6) is 0.130. The first-order chi connectivity index (χ1) is 8.40. The Morgan fingerprint density at radius 1 is 1.11 bits per heavy atom. The molecule has 3 nitrogen and oxygen atoms in total. The van der Waals surface area contributed by atoms with E-state index in [0.29, 0.717) is 10.8 Å². The number of carbonyl (C=O) groups excluding carboxylic acids is 1. The third-order valence-corrected chi connectivity index (χ3v) is 2.82. The van der Waals surface area contributed by atoms with Gasteiger partial charge in [0.2, 0.25) is 0 Å². The summed E-state index contributed by atoms with van der Waals surface area (Å²) < 4.78 is 10.8. The number of hydrogen-bond acceptors (Lipinski definition) is 3. The van der Waals surface area contributed by atoms with Crippen LogP contribution in [0.15, 0.2) is 24.3 Å². The van der Waals surface area contributed by atoms with E-state index >= 15 is 0 Å². The first-order valence-electron chi connectivity index (χ1n) is 6.03. The van der Waals surface area contributed by atoms with Gasteiger partial charge in [0.25, 0.3) is 0 Å². The van der Waals surface area contributed by atoms with Crippen LogP contribution in [0.1, 0.15) is 27.7 Å². The number of benzene rings is 1. The Hall–Kier alpha value is -1.22. The monoisotopic (exact) mass is 270 g/mol. The second kappa shape index (κ2) is 6.64. The van der Waals surface area contributed by atoms with Crippen LogP contribution in [-0.2, 0) is 9.53 Å². The van der Waals surface area contributed by atoms with Crippen LogP contribution in [-0.4, -0.2) is 18.2 Å². The molecule has 4 heteroatoms. The number of carbonyl (C=O) groups is 1. The van der Waals surface area contributed by atoms with Crippen LogP contribution in [0.4, 0.5) is 0 Å². The molecule has 0 fully saturated rings. The summed E-state index contributed by atoms with van der Waals surface area (Å²) in [6.07, 6.45) is -0.361. The van der Waals surface area contributed by atoms with Crippen molar-refractivity contribution >= 4 is 17.6 Å². The van der Waals surface area contributed by atoms with Crippen LogP contribution in [0.5, 0.6) is 5.75 Å². The van der Waals surface area contributed by atoms with Gasteiger partial charge in [-0.3, -0.25) is 4.79 Å². The summed E-state index contributed by atoms with van der Waals surface area (Å²) in [5, 5.41) is 0.655. The van der Waals surface area contributed by atoms with Gasteiger partial charge in [-0.15, -0.1) is 0 Å². The molecule has 0 heterocycles. The average molecular weight is 271 g/mol. The molecule has 0 N–H and O–H groups in total. The first kappa shape index (κ1) is 14.8. The number of esters is 1.